The van der Waals surface area contributed by atoms with Crippen molar-refractivity contribution in [3.05, 3.63) is 28.1 Å². The molecule has 1 unspecified atom stereocenters. The molecule has 24 heavy (non-hydrogen) atoms. The van der Waals surface area contributed by atoms with Crippen molar-refractivity contribution in [1.82, 2.24) is 4.98 Å². The van der Waals surface area contributed by atoms with E-state index in [9.17, 15) is 9.59 Å². The summed E-state index contributed by atoms with van der Waals surface area (Å²) in [6, 6.07) is 0. The van der Waals surface area contributed by atoms with Crippen LogP contribution in [0.5, 0.6) is 0 Å². The minimum absolute atomic E-state index is 0.0142. The topological polar surface area (TPSA) is 47.0 Å². The lowest BCUT2D eigenvalue weighted by atomic mass is 9.68. The van der Waals surface area contributed by atoms with Crippen molar-refractivity contribution < 1.29 is 9.59 Å². The smallest absolute Gasteiger partial charge is 0.165 e. The summed E-state index contributed by atoms with van der Waals surface area (Å²) >= 11 is 0. The van der Waals surface area contributed by atoms with Gasteiger partial charge in [-0.15, -0.1) is 0 Å². The van der Waals surface area contributed by atoms with Gasteiger partial charge in [-0.05, 0) is 54.4 Å². The molecule has 0 amide bonds. The van der Waals surface area contributed by atoms with Crippen molar-refractivity contribution >= 4 is 11.6 Å². The van der Waals surface area contributed by atoms with E-state index in [2.05, 4.69) is 27.7 Å². The number of rotatable bonds is 2. The molecule has 0 spiro atoms. The van der Waals surface area contributed by atoms with Crippen LogP contribution >= 0.6 is 0 Å². The Labute approximate surface area is 144 Å². The lowest BCUT2D eigenvalue weighted by Gasteiger charge is -2.37. The number of carbonyl (C=O) groups excluding carboxylic acids is 2. The van der Waals surface area contributed by atoms with Gasteiger partial charge in [-0.3, -0.25) is 14.6 Å². The second kappa shape index (κ2) is 5.00. The van der Waals surface area contributed by atoms with E-state index in [0.29, 0.717) is 18.8 Å². The van der Waals surface area contributed by atoms with Crippen molar-refractivity contribution in [1.29, 1.82) is 0 Å². The molecule has 4 rings (SSSR count). The van der Waals surface area contributed by atoms with Gasteiger partial charge in [-0.25, -0.2) is 0 Å². The van der Waals surface area contributed by atoms with Crippen LogP contribution in [0.1, 0.15) is 103 Å². The van der Waals surface area contributed by atoms with Gasteiger partial charge in [0, 0.05) is 24.0 Å². The van der Waals surface area contributed by atoms with Crippen LogP contribution in [-0.4, -0.2) is 16.6 Å². The summed E-state index contributed by atoms with van der Waals surface area (Å²) in [7, 11) is 0. The molecule has 0 N–H and O–H groups in total. The third-order valence-electron chi connectivity index (χ3n) is 6.25. The molecule has 1 atom stereocenters. The van der Waals surface area contributed by atoms with Crippen LogP contribution in [0.3, 0.4) is 0 Å². The predicted molar refractivity (Wildman–Crippen MR) is 93.7 cm³/mol. The van der Waals surface area contributed by atoms with Gasteiger partial charge in [0.05, 0.1) is 11.4 Å². The molecule has 1 aromatic heterocycles. The minimum atomic E-state index is -0.0289. The van der Waals surface area contributed by atoms with Crippen LogP contribution in [0.25, 0.3) is 0 Å². The summed E-state index contributed by atoms with van der Waals surface area (Å²) in [5.74, 6) is 0.834. The Morgan fingerprint density at radius 2 is 1.50 bits per heavy atom. The first-order valence-corrected chi connectivity index (χ1v) is 9.35. The molecule has 0 aromatic carbocycles. The second-order valence-electron chi connectivity index (χ2n) is 9.33. The normalized spacial score (nSPS) is 28.5. The van der Waals surface area contributed by atoms with E-state index in [0.717, 1.165) is 60.2 Å². The van der Waals surface area contributed by atoms with E-state index in [1.54, 1.807) is 0 Å². The Morgan fingerprint density at radius 1 is 0.917 bits per heavy atom. The molecule has 1 fully saturated rings. The number of fused-ring (bicyclic) bond motifs is 2. The average molecular weight is 325 g/mol. The van der Waals surface area contributed by atoms with E-state index >= 15 is 0 Å². The van der Waals surface area contributed by atoms with Crippen molar-refractivity contribution in [3.8, 4) is 0 Å². The Hall–Kier alpha value is -1.51. The minimum Gasteiger partial charge on any atom is -0.294 e. The number of ketones is 2. The van der Waals surface area contributed by atoms with Gasteiger partial charge < -0.3 is 0 Å². The zero-order valence-electron chi connectivity index (χ0n) is 15.3. The van der Waals surface area contributed by atoms with Crippen LogP contribution < -0.4 is 0 Å². The van der Waals surface area contributed by atoms with Gasteiger partial charge >= 0.3 is 0 Å². The first kappa shape index (κ1) is 16.0. The van der Waals surface area contributed by atoms with E-state index in [1.165, 1.54) is 0 Å². The van der Waals surface area contributed by atoms with Crippen LogP contribution in [0.4, 0.5) is 0 Å². The van der Waals surface area contributed by atoms with Crippen LogP contribution in [-0.2, 0) is 12.8 Å². The van der Waals surface area contributed by atoms with Crippen molar-refractivity contribution in [2.75, 3.05) is 0 Å². The van der Waals surface area contributed by atoms with Gasteiger partial charge in [-0.1, -0.05) is 27.7 Å². The Morgan fingerprint density at radius 3 is 2.08 bits per heavy atom. The monoisotopic (exact) mass is 325 g/mol. The highest BCUT2D eigenvalue weighted by molar-refractivity contribution is 6.06. The lowest BCUT2D eigenvalue weighted by Crippen LogP contribution is -2.35. The maximum atomic E-state index is 13.0. The van der Waals surface area contributed by atoms with Gasteiger partial charge in [0.15, 0.2) is 11.6 Å². The van der Waals surface area contributed by atoms with Crippen LogP contribution in [0.2, 0.25) is 0 Å². The molecule has 1 saturated carbocycles. The third-order valence-corrected chi connectivity index (χ3v) is 6.25. The standard InChI is InChI=1S/C21H27NO2/c1-5-21(4)9-14-19(16(24)11-21)17(12-6-7-12)18-13(22-14)8-20(2,3)10-15(18)23/h12H,5-11H2,1-4H3. The first-order chi connectivity index (χ1) is 11.2. The second-order valence-corrected chi connectivity index (χ2v) is 9.33. The van der Waals surface area contributed by atoms with Crippen LogP contribution in [0.15, 0.2) is 0 Å². The van der Waals surface area contributed by atoms with Crippen molar-refractivity contribution in [2.24, 2.45) is 10.8 Å². The van der Waals surface area contributed by atoms with E-state index in [1.807, 2.05) is 0 Å². The number of hydrogen-bond donors (Lipinski definition) is 0. The van der Waals surface area contributed by atoms with Crippen molar-refractivity contribution in [2.45, 2.75) is 78.6 Å². The lowest BCUT2D eigenvalue weighted by molar-refractivity contribution is 0.0889. The molecule has 1 aromatic rings. The number of nitrogens with zero attached hydrogens (tertiary/aromatic N) is 1. The summed E-state index contributed by atoms with van der Waals surface area (Å²) < 4.78 is 0. The molecule has 0 bridgehead atoms. The maximum absolute atomic E-state index is 13.0. The fourth-order valence-electron chi connectivity index (χ4n) is 4.60. The summed E-state index contributed by atoms with van der Waals surface area (Å²) in [6.07, 6.45) is 6.08. The SMILES string of the molecule is CCC1(C)CC(=O)c2c(nc3c(c2C2CC2)C(=O)CC(C)(C)C3)C1. The molecule has 128 valence electrons. The molecule has 0 saturated heterocycles. The molecule has 3 aliphatic rings. The Balaban J connectivity index is 1.95. The van der Waals surface area contributed by atoms with E-state index in [4.69, 9.17) is 4.98 Å². The Bertz CT molecular complexity index is 758. The Kier molecular flexibility index (Phi) is 3.33. The van der Waals surface area contributed by atoms with E-state index < -0.39 is 0 Å². The highest BCUT2D eigenvalue weighted by Gasteiger charge is 2.44. The molecule has 3 heteroatoms. The number of pyridine rings is 1. The highest BCUT2D eigenvalue weighted by Crippen LogP contribution is 2.50. The summed E-state index contributed by atoms with van der Waals surface area (Å²) in [6.45, 7) is 8.64. The van der Waals surface area contributed by atoms with Gasteiger partial charge in [-0.2, -0.15) is 0 Å². The molecule has 0 radical (unpaired) electrons. The average Bonchev–Trinajstić information content (AvgIpc) is 3.27. The summed E-state index contributed by atoms with van der Waals surface area (Å²) in [5, 5.41) is 0. The maximum Gasteiger partial charge on any atom is 0.165 e. The number of aromatic nitrogens is 1. The molecular formula is C21H27NO2. The van der Waals surface area contributed by atoms with Gasteiger partial charge in [0.1, 0.15) is 0 Å². The first-order valence-electron chi connectivity index (χ1n) is 9.35. The molecule has 1 heterocycles. The number of Topliss-reactive ketones (excluding diaryl/α,β-unsaturated/α-hetero) is 2. The molecule has 3 aliphatic carbocycles. The van der Waals surface area contributed by atoms with Crippen molar-refractivity contribution in [3.63, 3.8) is 0 Å². The number of hydrogen-bond acceptors (Lipinski definition) is 3. The van der Waals surface area contributed by atoms with Gasteiger partial charge in [0.25, 0.3) is 0 Å². The largest absolute Gasteiger partial charge is 0.294 e. The summed E-state index contributed by atoms with van der Waals surface area (Å²) in [4.78, 5) is 30.8. The molecule has 3 nitrogen and oxygen atoms in total. The molecular weight excluding hydrogens is 298 g/mol. The fraction of sp³-hybridized carbons (Fsp3) is 0.667. The predicted octanol–water partition coefficient (Wildman–Crippen LogP) is 4.66. The highest BCUT2D eigenvalue weighted by atomic mass is 16.1. The zero-order valence-corrected chi connectivity index (χ0v) is 15.3. The van der Waals surface area contributed by atoms with Crippen LogP contribution in [0, 0.1) is 10.8 Å². The van der Waals surface area contributed by atoms with Gasteiger partial charge in [0.2, 0.25) is 0 Å². The third kappa shape index (κ3) is 2.44. The quantitative estimate of drug-likeness (QED) is 0.794. The summed E-state index contributed by atoms with van der Waals surface area (Å²) in [5.41, 5.74) is 4.66. The zero-order chi connectivity index (χ0) is 17.3. The fourth-order valence-corrected chi connectivity index (χ4v) is 4.60. The van der Waals surface area contributed by atoms with E-state index in [-0.39, 0.29) is 22.4 Å². The number of carbonyl (C=O) groups is 2. The molecule has 0 aliphatic heterocycles.